The molecule has 1 unspecified atom stereocenters. The van der Waals surface area contributed by atoms with Crippen molar-refractivity contribution < 1.29 is 22.7 Å². The number of nitrogens with one attached hydrogen (secondary N) is 1. The first-order chi connectivity index (χ1) is 14.8. The molecule has 1 amide bonds. The Bertz CT molecular complexity index is 1050. The molecule has 0 saturated carbocycles. The third-order valence-corrected chi connectivity index (χ3v) is 7.67. The number of ether oxygens (including phenoxy) is 2. The molecule has 9 heteroatoms. The molecule has 0 spiro atoms. The lowest BCUT2D eigenvalue weighted by molar-refractivity contribution is 0.0789. The van der Waals surface area contributed by atoms with Crippen LogP contribution < -0.4 is 14.2 Å². The molecule has 1 aliphatic heterocycles. The first kappa shape index (κ1) is 23.4. The van der Waals surface area contributed by atoms with Crippen LogP contribution in [0.15, 0.2) is 46.2 Å². The van der Waals surface area contributed by atoms with Gasteiger partial charge in [-0.05, 0) is 62.4 Å². The average molecular weight is 465 g/mol. The van der Waals surface area contributed by atoms with E-state index in [0.717, 1.165) is 17.7 Å². The number of carbonyl (C=O) groups is 1. The van der Waals surface area contributed by atoms with Crippen molar-refractivity contribution in [2.45, 2.75) is 35.6 Å². The highest BCUT2D eigenvalue weighted by Crippen LogP contribution is 2.31. The number of hydrogen-bond donors (Lipinski definition) is 1. The Balaban J connectivity index is 1.91. The molecule has 1 fully saturated rings. The normalized spacial score (nSPS) is 15.0. The fourth-order valence-corrected chi connectivity index (χ4v) is 5.47. The molecular weight excluding hydrogens is 436 g/mol. The van der Waals surface area contributed by atoms with Crippen LogP contribution in [0.2, 0.25) is 0 Å². The fourth-order valence-electron chi connectivity index (χ4n) is 3.65. The number of sulfonamides is 1. The highest BCUT2D eigenvalue weighted by atomic mass is 32.2. The zero-order valence-electron chi connectivity index (χ0n) is 18.2. The molecule has 7 nitrogen and oxygen atoms in total. The van der Waals surface area contributed by atoms with Gasteiger partial charge in [0.2, 0.25) is 10.0 Å². The number of carbonyl (C=O) groups excluding carboxylic acids is 1. The smallest absolute Gasteiger partial charge is 0.255 e. The summed E-state index contributed by atoms with van der Waals surface area (Å²) in [7, 11) is -0.803. The molecule has 2 aromatic carbocycles. The molecule has 0 aliphatic carbocycles. The average Bonchev–Trinajstić information content (AvgIpc) is 3.32. The van der Waals surface area contributed by atoms with E-state index in [0.29, 0.717) is 35.7 Å². The number of benzene rings is 2. The summed E-state index contributed by atoms with van der Waals surface area (Å²) in [6, 6.07) is 9.35. The molecular formula is C22H28N2O5S2. The largest absolute Gasteiger partial charge is 0.497 e. The third kappa shape index (κ3) is 5.16. The van der Waals surface area contributed by atoms with E-state index in [4.69, 9.17) is 9.47 Å². The summed E-state index contributed by atoms with van der Waals surface area (Å²) in [5, 5.41) is 0. The Morgan fingerprint density at radius 3 is 2.42 bits per heavy atom. The van der Waals surface area contributed by atoms with E-state index in [9.17, 15) is 13.2 Å². The van der Waals surface area contributed by atoms with Gasteiger partial charge in [-0.2, -0.15) is 0 Å². The van der Waals surface area contributed by atoms with Crippen LogP contribution in [0.5, 0.6) is 11.5 Å². The number of amides is 1. The second-order valence-corrected chi connectivity index (χ2v) is 9.87. The first-order valence-electron chi connectivity index (χ1n) is 10.0. The SMILES string of the molecule is COc1ccc(OC)c(C(C)NS(=O)(=O)c2ccc(SC)c(C(=O)N3CCCC3)c2)c1. The number of nitrogens with zero attached hydrogens (tertiary/aromatic N) is 1. The van der Waals surface area contributed by atoms with E-state index >= 15 is 0 Å². The van der Waals surface area contributed by atoms with Crippen LogP contribution in [0, 0.1) is 0 Å². The summed E-state index contributed by atoms with van der Waals surface area (Å²) in [6.07, 6.45) is 3.82. The van der Waals surface area contributed by atoms with Crippen LogP contribution in [-0.2, 0) is 10.0 Å². The summed E-state index contributed by atoms with van der Waals surface area (Å²) in [6.45, 7) is 3.14. The number of thioether (sulfide) groups is 1. The van der Waals surface area contributed by atoms with Crippen LogP contribution in [0.4, 0.5) is 0 Å². The van der Waals surface area contributed by atoms with E-state index in [-0.39, 0.29) is 10.8 Å². The van der Waals surface area contributed by atoms with Gasteiger partial charge in [-0.15, -0.1) is 11.8 Å². The second-order valence-electron chi connectivity index (χ2n) is 7.31. The molecule has 3 rings (SSSR count). The van der Waals surface area contributed by atoms with Gasteiger partial charge in [0.1, 0.15) is 11.5 Å². The van der Waals surface area contributed by atoms with Crippen LogP contribution in [0.25, 0.3) is 0 Å². The predicted molar refractivity (Wildman–Crippen MR) is 122 cm³/mol. The van der Waals surface area contributed by atoms with Gasteiger partial charge in [0, 0.05) is 29.6 Å². The molecule has 31 heavy (non-hydrogen) atoms. The summed E-state index contributed by atoms with van der Waals surface area (Å²) in [4.78, 5) is 15.6. The summed E-state index contributed by atoms with van der Waals surface area (Å²) < 4.78 is 39.6. The summed E-state index contributed by atoms with van der Waals surface area (Å²) in [5.41, 5.74) is 1.07. The minimum Gasteiger partial charge on any atom is -0.497 e. The summed E-state index contributed by atoms with van der Waals surface area (Å²) >= 11 is 1.43. The van der Waals surface area contributed by atoms with Crippen molar-refractivity contribution in [3.05, 3.63) is 47.5 Å². The van der Waals surface area contributed by atoms with Gasteiger partial charge in [0.05, 0.1) is 24.7 Å². The maximum Gasteiger partial charge on any atom is 0.255 e. The first-order valence-corrected chi connectivity index (χ1v) is 12.7. The quantitative estimate of drug-likeness (QED) is 0.600. The minimum absolute atomic E-state index is 0.0570. The van der Waals surface area contributed by atoms with Gasteiger partial charge < -0.3 is 14.4 Å². The molecule has 1 heterocycles. The van der Waals surface area contributed by atoms with Crippen LogP contribution in [0.3, 0.4) is 0 Å². The number of likely N-dealkylation sites (tertiary alicyclic amines) is 1. The summed E-state index contributed by atoms with van der Waals surface area (Å²) in [5.74, 6) is 1.03. The molecule has 0 radical (unpaired) electrons. The molecule has 1 N–H and O–H groups in total. The molecule has 0 bridgehead atoms. The monoisotopic (exact) mass is 464 g/mol. The van der Waals surface area contributed by atoms with Crippen molar-refractivity contribution in [2.24, 2.45) is 0 Å². The van der Waals surface area contributed by atoms with E-state index in [2.05, 4.69) is 4.72 Å². The zero-order valence-corrected chi connectivity index (χ0v) is 19.8. The van der Waals surface area contributed by atoms with Crippen molar-refractivity contribution in [1.82, 2.24) is 9.62 Å². The molecule has 1 atom stereocenters. The van der Waals surface area contributed by atoms with E-state index in [1.165, 1.54) is 31.0 Å². The second kappa shape index (κ2) is 9.93. The van der Waals surface area contributed by atoms with Gasteiger partial charge in [-0.3, -0.25) is 4.79 Å². The van der Waals surface area contributed by atoms with Gasteiger partial charge in [-0.25, -0.2) is 13.1 Å². The lowest BCUT2D eigenvalue weighted by Gasteiger charge is -2.20. The van der Waals surface area contributed by atoms with Crippen LogP contribution in [-0.4, -0.2) is 52.8 Å². The lowest BCUT2D eigenvalue weighted by Crippen LogP contribution is -2.30. The zero-order chi connectivity index (χ0) is 22.6. The Morgan fingerprint density at radius 2 is 1.81 bits per heavy atom. The lowest BCUT2D eigenvalue weighted by atomic mass is 10.1. The molecule has 168 valence electrons. The van der Waals surface area contributed by atoms with Crippen molar-refractivity contribution in [2.75, 3.05) is 33.6 Å². The van der Waals surface area contributed by atoms with E-state index in [1.54, 1.807) is 43.2 Å². The molecule has 1 saturated heterocycles. The van der Waals surface area contributed by atoms with Crippen molar-refractivity contribution in [1.29, 1.82) is 0 Å². The van der Waals surface area contributed by atoms with Crippen molar-refractivity contribution >= 4 is 27.7 Å². The van der Waals surface area contributed by atoms with Crippen LogP contribution >= 0.6 is 11.8 Å². The van der Waals surface area contributed by atoms with E-state index < -0.39 is 16.1 Å². The van der Waals surface area contributed by atoms with Gasteiger partial charge >= 0.3 is 0 Å². The Labute approximate surface area is 188 Å². The molecule has 2 aromatic rings. The van der Waals surface area contributed by atoms with Crippen molar-refractivity contribution in [3.8, 4) is 11.5 Å². The van der Waals surface area contributed by atoms with Crippen LogP contribution in [0.1, 0.15) is 41.7 Å². The fraction of sp³-hybridized carbons (Fsp3) is 0.409. The number of methoxy groups -OCH3 is 2. The third-order valence-electron chi connectivity index (χ3n) is 5.34. The molecule has 1 aliphatic rings. The molecule has 0 aromatic heterocycles. The van der Waals surface area contributed by atoms with Gasteiger partial charge in [0.15, 0.2) is 0 Å². The van der Waals surface area contributed by atoms with Gasteiger partial charge in [0.25, 0.3) is 5.91 Å². The van der Waals surface area contributed by atoms with Gasteiger partial charge in [-0.1, -0.05) is 0 Å². The highest BCUT2D eigenvalue weighted by molar-refractivity contribution is 7.98. The topological polar surface area (TPSA) is 84.9 Å². The predicted octanol–water partition coefficient (Wildman–Crippen LogP) is 3.70. The Hall–Kier alpha value is -2.23. The standard InChI is InChI=1S/C22H28N2O5S2/c1-15(18-13-16(28-2)7-9-20(18)29-3)23-31(26,27)17-8-10-21(30-4)19(14-17)22(25)24-11-5-6-12-24/h7-10,13-15,23H,5-6,11-12H2,1-4H3. The maximum absolute atomic E-state index is 13.2. The number of rotatable bonds is 8. The van der Waals surface area contributed by atoms with Crippen molar-refractivity contribution in [3.63, 3.8) is 0 Å². The van der Waals surface area contributed by atoms with E-state index in [1.807, 2.05) is 6.26 Å². The number of hydrogen-bond acceptors (Lipinski definition) is 6. The Kier molecular flexibility index (Phi) is 7.51. The highest BCUT2D eigenvalue weighted by Gasteiger charge is 2.26. The minimum atomic E-state index is -3.88. The maximum atomic E-state index is 13.2. The Morgan fingerprint density at radius 1 is 1.10 bits per heavy atom.